The summed E-state index contributed by atoms with van der Waals surface area (Å²) >= 11 is 0. The second-order valence-corrected chi connectivity index (χ2v) is 8.93. The molecule has 0 aromatic heterocycles. The van der Waals surface area contributed by atoms with Crippen molar-refractivity contribution in [3.8, 4) is 29.6 Å². The summed E-state index contributed by atoms with van der Waals surface area (Å²) in [5.41, 5.74) is 6.56. The van der Waals surface area contributed by atoms with E-state index in [9.17, 15) is 0 Å². The Morgan fingerprint density at radius 2 is 1.64 bits per heavy atom. The molecule has 0 atom stereocenters. The molecule has 36 heavy (non-hydrogen) atoms. The minimum absolute atomic E-state index is 0.224. The first-order valence-corrected chi connectivity index (χ1v) is 12.5. The van der Waals surface area contributed by atoms with Gasteiger partial charge in [0.05, 0.1) is 18.9 Å². The monoisotopic (exact) mass is 482 g/mol. The second-order valence-electron chi connectivity index (χ2n) is 8.93. The fourth-order valence-corrected chi connectivity index (χ4v) is 4.34. The maximum Gasteiger partial charge on any atom is 0.148 e. The SMILES string of the molecule is C#CCOc1ccc2c(c1)C(c1ccc(C(C)C)cc1)=NCN2Cc1ccc(OCC)cc1OCC. The van der Waals surface area contributed by atoms with Gasteiger partial charge in [-0.25, -0.2) is 0 Å². The molecule has 0 saturated heterocycles. The minimum atomic E-state index is 0.224. The number of fused-ring (bicyclic) bond motifs is 1. The average Bonchev–Trinajstić information content (AvgIpc) is 2.89. The van der Waals surface area contributed by atoms with Crippen molar-refractivity contribution < 1.29 is 14.2 Å². The van der Waals surface area contributed by atoms with Gasteiger partial charge in [0.25, 0.3) is 0 Å². The number of hydrogen-bond acceptors (Lipinski definition) is 5. The van der Waals surface area contributed by atoms with Crippen LogP contribution in [-0.4, -0.2) is 32.2 Å². The highest BCUT2D eigenvalue weighted by molar-refractivity contribution is 6.17. The Morgan fingerprint density at radius 1 is 0.917 bits per heavy atom. The minimum Gasteiger partial charge on any atom is -0.494 e. The van der Waals surface area contributed by atoms with Gasteiger partial charge >= 0.3 is 0 Å². The van der Waals surface area contributed by atoms with Gasteiger partial charge in [0, 0.05) is 35.0 Å². The molecule has 0 spiro atoms. The number of terminal acetylenes is 1. The highest BCUT2D eigenvalue weighted by atomic mass is 16.5. The van der Waals surface area contributed by atoms with E-state index in [1.807, 2.05) is 38.1 Å². The predicted octanol–water partition coefficient (Wildman–Crippen LogP) is 6.43. The van der Waals surface area contributed by atoms with Crippen LogP contribution < -0.4 is 19.1 Å². The molecule has 186 valence electrons. The van der Waals surface area contributed by atoms with Crippen LogP contribution in [0.3, 0.4) is 0 Å². The first-order chi connectivity index (χ1) is 17.5. The van der Waals surface area contributed by atoms with Crippen molar-refractivity contribution in [3.63, 3.8) is 0 Å². The Bertz CT molecular complexity index is 1260. The van der Waals surface area contributed by atoms with Crippen molar-refractivity contribution >= 4 is 11.4 Å². The van der Waals surface area contributed by atoms with Crippen LogP contribution in [0.5, 0.6) is 17.2 Å². The van der Waals surface area contributed by atoms with E-state index >= 15 is 0 Å². The fourth-order valence-electron chi connectivity index (χ4n) is 4.34. The summed E-state index contributed by atoms with van der Waals surface area (Å²) < 4.78 is 17.4. The molecule has 3 aromatic carbocycles. The van der Waals surface area contributed by atoms with Gasteiger partial charge in [-0.2, -0.15) is 0 Å². The van der Waals surface area contributed by atoms with E-state index in [1.54, 1.807) is 0 Å². The smallest absolute Gasteiger partial charge is 0.148 e. The largest absolute Gasteiger partial charge is 0.494 e. The molecule has 0 bridgehead atoms. The van der Waals surface area contributed by atoms with E-state index in [1.165, 1.54) is 5.56 Å². The third-order valence-electron chi connectivity index (χ3n) is 6.15. The van der Waals surface area contributed by atoms with Crippen LogP contribution in [0.15, 0.2) is 65.7 Å². The van der Waals surface area contributed by atoms with Crippen LogP contribution in [0.4, 0.5) is 5.69 Å². The molecule has 0 radical (unpaired) electrons. The number of benzene rings is 3. The van der Waals surface area contributed by atoms with Crippen molar-refractivity contribution in [1.82, 2.24) is 0 Å². The van der Waals surface area contributed by atoms with Crippen molar-refractivity contribution in [2.45, 2.75) is 40.2 Å². The zero-order chi connectivity index (χ0) is 25.5. The van der Waals surface area contributed by atoms with Gasteiger partial charge in [0.15, 0.2) is 0 Å². The Labute approximate surface area is 214 Å². The Kier molecular flexibility index (Phi) is 8.17. The van der Waals surface area contributed by atoms with Crippen LogP contribution in [-0.2, 0) is 6.54 Å². The normalized spacial score (nSPS) is 12.6. The number of hydrogen-bond donors (Lipinski definition) is 0. The third kappa shape index (κ3) is 5.66. The van der Waals surface area contributed by atoms with E-state index in [2.05, 4.69) is 61.1 Å². The maximum atomic E-state index is 5.96. The third-order valence-corrected chi connectivity index (χ3v) is 6.15. The van der Waals surface area contributed by atoms with E-state index in [-0.39, 0.29) is 6.61 Å². The van der Waals surface area contributed by atoms with Gasteiger partial charge in [-0.3, -0.25) is 4.99 Å². The number of anilines is 1. The van der Waals surface area contributed by atoms with E-state index in [4.69, 9.17) is 25.6 Å². The molecule has 0 aliphatic carbocycles. The Morgan fingerprint density at radius 3 is 2.33 bits per heavy atom. The lowest BCUT2D eigenvalue weighted by molar-refractivity contribution is 0.320. The number of ether oxygens (including phenoxy) is 3. The number of nitrogens with zero attached hydrogens (tertiary/aromatic N) is 2. The summed E-state index contributed by atoms with van der Waals surface area (Å²) in [7, 11) is 0. The molecule has 3 aromatic rings. The van der Waals surface area contributed by atoms with Crippen molar-refractivity contribution in [1.29, 1.82) is 0 Å². The first kappa shape index (κ1) is 25.2. The zero-order valence-corrected chi connectivity index (χ0v) is 21.6. The van der Waals surface area contributed by atoms with Gasteiger partial charge in [-0.05, 0) is 55.7 Å². The second kappa shape index (κ2) is 11.7. The molecule has 1 aliphatic heterocycles. The van der Waals surface area contributed by atoms with Crippen molar-refractivity contribution in [2.24, 2.45) is 4.99 Å². The lowest BCUT2D eigenvalue weighted by atomic mass is 9.95. The Balaban J connectivity index is 1.70. The molecule has 5 nitrogen and oxygen atoms in total. The highest BCUT2D eigenvalue weighted by Crippen LogP contribution is 2.35. The summed E-state index contributed by atoms with van der Waals surface area (Å²) in [5.74, 6) is 5.39. The maximum absolute atomic E-state index is 5.96. The molecular formula is C31H34N2O3. The summed E-state index contributed by atoms with van der Waals surface area (Å²) in [6.45, 7) is 11.0. The molecule has 1 heterocycles. The topological polar surface area (TPSA) is 43.3 Å². The zero-order valence-electron chi connectivity index (χ0n) is 21.6. The molecule has 0 fully saturated rings. The number of rotatable bonds is 10. The predicted molar refractivity (Wildman–Crippen MR) is 147 cm³/mol. The Hall–Kier alpha value is -3.91. The summed E-state index contributed by atoms with van der Waals surface area (Å²) in [5, 5.41) is 0. The van der Waals surface area contributed by atoms with Crippen molar-refractivity contribution in [2.75, 3.05) is 31.4 Å². The molecular weight excluding hydrogens is 448 g/mol. The van der Waals surface area contributed by atoms with Crippen LogP contribution >= 0.6 is 0 Å². The lowest BCUT2D eigenvalue weighted by Crippen LogP contribution is -2.30. The van der Waals surface area contributed by atoms with Crippen LogP contribution in [0, 0.1) is 12.3 Å². The summed E-state index contributed by atoms with van der Waals surface area (Å²) in [6.07, 6.45) is 5.42. The molecule has 0 N–H and O–H groups in total. The van der Waals surface area contributed by atoms with Gasteiger partial charge < -0.3 is 19.1 Å². The highest BCUT2D eigenvalue weighted by Gasteiger charge is 2.23. The van der Waals surface area contributed by atoms with Gasteiger partial charge in [-0.15, -0.1) is 6.42 Å². The quantitative estimate of drug-likeness (QED) is 0.312. The van der Waals surface area contributed by atoms with E-state index < -0.39 is 0 Å². The lowest BCUT2D eigenvalue weighted by Gasteiger charge is -2.31. The first-order valence-electron chi connectivity index (χ1n) is 12.5. The molecule has 1 aliphatic rings. The van der Waals surface area contributed by atoms with Crippen LogP contribution in [0.1, 0.15) is 55.9 Å². The molecule has 0 amide bonds. The molecule has 0 saturated carbocycles. The molecule has 5 heteroatoms. The van der Waals surface area contributed by atoms with Crippen LogP contribution in [0.25, 0.3) is 0 Å². The average molecular weight is 483 g/mol. The van der Waals surface area contributed by atoms with Crippen LogP contribution in [0.2, 0.25) is 0 Å². The van der Waals surface area contributed by atoms with Gasteiger partial charge in [-0.1, -0.05) is 44.0 Å². The van der Waals surface area contributed by atoms with Gasteiger partial charge in [0.2, 0.25) is 0 Å². The van der Waals surface area contributed by atoms with E-state index in [0.717, 1.165) is 45.3 Å². The molecule has 4 rings (SSSR count). The van der Waals surface area contributed by atoms with E-state index in [0.29, 0.717) is 32.3 Å². The molecule has 0 unspecified atom stereocenters. The summed E-state index contributed by atoms with van der Waals surface area (Å²) in [6, 6.07) is 20.8. The fraction of sp³-hybridized carbons (Fsp3) is 0.323. The summed E-state index contributed by atoms with van der Waals surface area (Å²) in [4.78, 5) is 7.27. The standard InChI is InChI=1S/C31H34N2O3/c1-6-17-36-26-15-16-29-28(18-26)31(24-11-9-23(10-12-24)22(4)5)32-21-33(29)20-25-13-14-27(34-7-2)19-30(25)35-8-3/h1,9-16,18-19,22H,7-8,17,20-21H2,2-5H3. The number of aliphatic imine (C=N–C) groups is 1. The van der Waals surface area contributed by atoms with Crippen molar-refractivity contribution in [3.05, 3.63) is 82.9 Å². The van der Waals surface area contributed by atoms with Gasteiger partial charge in [0.1, 0.15) is 30.5 Å².